The van der Waals surface area contributed by atoms with Crippen molar-refractivity contribution >= 4 is 0 Å². The number of hydrogen-bond acceptors (Lipinski definition) is 3. The average molecular weight is 201 g/mol. The zero-order valence-corrected chi connectivity index (χ0v) is 10.1. The Bertz CT molecular complexity index is 98.7. The van der Waals surface area contributed by atoms with Crippen LogP contribution in [-0.4, -0.2) is 51.7 Å². The highest BCUT2D eigenvalue weighted by Crippen LogP contribution is 1.97. The molecule has 0 saturated carbocycles. The van der Waals surface area contributed by atoms with Crippen molar-refractivity contribution in [3.05, 3.63) is 0 Å². The first-order valence-corrected chi connectivity index (χ1v) is 5.86. The van der Waals surface area contributed by atoms with Crippen LogP contribution in [0.3, 0.4) is 0 Å². The molecule has 0 atom stereocenters. The van der Waals surface area contributed by atoms with E-state index in [-0.39, 0.29) is 0 Å². The second-order valence-electron chi connectivity index (χ2n) is 3.76. The molecular weight excluding hydrogens is 174 g/mol. The Balaban J connectivity index is 3.49. The van der Waals surface area contributed by atoms with E-state index < -0.39 is 0 Å². The van der Waals surface area contributed by atoms with Gasteiger partial charge in [-0.1, -0.05) is 19.8 Å². The average Bonchev–Trinajstić information content (AvgIpc) is 2.21. The van der Waals surface area contributed by atoms with E-state index in [0.29, 0.717) is 0 Å². The van der Waals surface area contributed by atoms with Crippen LogP contribution in [0.2, 0.25) is 0 Å². The second kappa shape index (κ2) is 11.0. The molecule has 14 heavy (non-hydrogen) atoms. The fraction of sp³-hybridized carbons (Fsp3) is 1.00. The molecule has 0 heterocycles. The molecule has 0 bridgehead atoms. The topological polar surface area (TPSA) is 27.3 Å². The van der Waals surface area contributed by atoms with Crippen molar-refractivity contribution in [3.63, 3.8) is 0 Å². The summed E-state index contributed by atoms with van der Waals surface area (Å²) in [5, 5.41) is 6.41. The highest BCUT2D eigenvalue weighted by Gasteiger charge is 2.02. The van der Waals surface area contributed by atoms with Crippen molar-refractivity contribution in [1.29, 1.82) is 0 Å². The van der Waals surface area contributed by atoms with Crippen molar-refractivity contribution in [2.75, 3.05) is 46.8 Å². The van der Waals surface area contributed by atoms with Crippen molar-refractivity contribution in [2.24, 2.45) is 0 Å². The molecule has 3 heteroatoms. The summed E-state index contributed by atoms with van der Waals surface area (Å²) in [6.45, 7) is 8.03. The molecule has 0 spiro atoms. The van der Waals surface area contributed by atoms with E-state index in [0.717, 1.165) is 13.1 Å². The molecule has 0 aliphatic carbocycles. The summed E-state index contributed by atoms with van der Waals surface area (Å²) in [6.07, 6.45) is 4.01. The summed E-state index contributed by atoms with van der Waals surface area (Å²) >= 11 is 0. The molecule has 0 aliphatic heterocycles. The van der Waals surface area contributed by atoms with Gasteiger partial charge in [-0.05, 0) is 27.1 Å². The van der Waals surface area contributed by atoms with Crippen molar-refractivity contribution in [1.82, 2.24) is 15.5 Å². The summed E-state index contributed by atoms with van der Waals surface area (Å²) in [7, 11) is 4.03. The summed E-state index contributed by atoms with van der Waals surface area (Å²) in [6, 6.07) is 0. The lowest BCUT2D eigenvalue weighted by Crippen LogP contribution is -2.36. The van der Waals surface area contributed by atoms with Gasteiger partial charge in [-0.2, -0.15) is 0 Å². The van der Waals surface area contributed by atoms with Gasteiger partial charge in [-0.3, -0.25) is 0 Å². The van der Waals surface area contributed by atoms with Gasteiger partial charge < -0.3 is 15.5 Å². The number of hydrogen-bond donors (Lipinski definition) is 2. The first-order valence-electron chi connectivity index (χ1n) is 5.86. The van der Waals surface area contributed by atoms with Crippen LogP contribution in [0.25, 0.3) is 0 Å². The molecule has 0 saturated heterocycles. The Hall–Kier alpha value is -0.120. The fourth-order valence-electron chi connectivity index (χ4n) is 1.46. The maximum atomic E-state index is 3.20. The van der Waals surface area contributed by atoms with Gasteiger partial charge in [0.05, 0.1) is 0 Å². The summed E-state index contributed by atoms with van der Waals surface area (Å²) < 4.78 is 0. The Morgan fingerprint density at radius 1 is 0.857 bits per heavy atom. The van der Waals surface area contributed by atoms with Crippen molar-refractivity contribution in [2.45, 2.75) is 26.2 Å². The number of nitrogens with zero attached hydrogens (tertiary/aromatic N) is 1. The van der Waals surface area contributed by atoms with E-state index >= 15 is 0 Å². The zero-order valence-electron chi connectivity index (χ0n) is 10.1. The highest BCUT2D eigenvalue weighted by atomic mass is 15.1. The van der Waals surface area contributed by atoms with Crippen LogP contribution in [0.15, 0.2) is 0 Å². The molecule has 0 aromatic heterocycles. The maximum absolute atomic E-state index is 3.20. The first-order chi connectivity index (χ1) is 6.85. The molecule has 0 rings (SSSR count). The molecule has 0 unspecified atom stereocenters. The third-order valence-corrected chi connectivity index (χ3v) is 2.43. The zero-order chi connectivity index (χ0) is 10.6. The van der Waals surface area contributed by atoms with Crippen LogP contribution in [0.1, 0.15) is 26.2 Å². The molecule has 2 N–H and O–H groups in total. The van der Waals surface area contributed by atoms with Gasteiger partial charge in [0.1, 0.15) is 0 Å². The van der Waals surface area contributed by atoms with Crippen LogP contribution in [0, 0.1) is 0 Å². The number of likely N-dealkylation sites (N-methyl/N-ethyl adjacent to an activating group) is 2. The maximum Gasteiger partial charge on any atom is 0.0107 e. The minimum atomic E-state index is 1.09. The summed E-state index contributed by atoms with van der Waals surface area (Å²) in [5.74, 6) is 0. The van der Waals surface area contributed by atoms with Crippen LogP contribution in [0.5, 0.6) is 0 Å². The predicted molar refractivity (Wildman–Crippen MR) is 63.8 cm³/mol. The fourth-order valence-corrected chi connectivity index (χ4v) is 1.46. The Morgan fingerprint density at radius 3 is 1.86 bits per heavy atom. The van der Waals surface area contributed by atoms with E-state index in [1.54, 1.807) is 0 Å². The van der Waals surface area contributed by atoms with Gasteiger partial charge in [0, 0.05) is 26.2 Å². The number of unbranched alkanes of at least 4 members (excludes halogenated alkanes) is 2. The van der Waals surface area contributed by atoms with Crippen LogP contribution in [0.4, 0.5) is 0 Å². The third kappa shape index (κ3) is 8.48. The molecule has 86 valence electrons. The van der Waals surface area contributed by atoms with Crippen molar-refractivity contribution < 1.29 is 0 Å². The molecule has 0 amide bonds. The normalized spacial score (nSPS) is 11.1. The minimum absolute atomic E-state index is 1.09. The number of nitrogens with one attached hydrogen (secondary N) is 2. The summed E-state index contributed by atoms with van der Waals surface area (Å²) in [5.41, 5.74) is 0. The van der Waals surface area contributed by atoms with E-state index in [1.807, 2.05) is 14.1 Å². The Kier molecular flexibility index (Phi) is 10.9. The highest BCUT2D eigenvalue weighted by molar-refractivity contribution is 4.60. The molecular formula is C11H27N3. The lowest BCUT2D eigenvalue weighted by molar-refractivity contribution is 0.271. The van der Waals surface area contributed by atoms with Crippen LogP contribution < -0.4 is 10.6 Å². The smallest absolute Gasteiger partial charge is 0.0107 e. The Labute approximate surface area is 89.2 Å². The van der Waals surface area contributed by atoms with E-state index in [9.17, 15) is 0 Å². The van der Waals surface area contributed by atoms with Gasteiger partial charge in [0.15, 0.2) is 0 Å². The SMILES string of the molecule is CCCCCN(CCNC)CCNC. The third-order valence-electron chi connectivity index (χ3n) is 2.43. The van der Waals surface area contributed by atoms with Gasteiger partial charge in [0.25, 0.3) is 0 Å². The monoisotopic (exact) mass is 201 g/mol. The lowest BCUT2D eigenvalue weighted by Gasteiger charge is -2.21. The van der Waals surface area contributed by atoms with Gasteiger partial charge in [-0.15, -0.1) is 0 Å². The standard InChI is InChI=1S/C11H27N3/c1-4-5-6-9-14(10-7-12-2)11-8-13-3/h12-13H,4-11H2,1-3H3. The van der Waals surface area contributed by atoms with Gasteiger partial charge in [0.2, 0.25) is 0 Å². The van der Waals surface area contributed by atoms with E-state index in [2.05, 4.69) is 22.5 Å². The molecule has 0 aromatic carbocycles. The largest absolute Gasteiger partial charge is 0.318 e. The molecule has 0 radical (unpaired) electrons. The molecule has 0 aliphatic rings. The van der Waals surface area contributed by atoms with Gasteiger partial charge >= 0.3 is 0 Å². The van der Waals surface area contributed by atoms with Crippen LogP contribution in [-0.2, 0) is 0 Å². The first kappa shape index (κ1) is 13.9. The number of rotatable bonds is 10. The Morgan fingerprint density at radius 2 is 1.43 bits per heavy atom. The van der Waals surface area contributed by atoms with Gasteiger partial charge in [-0.25, -0.2) is 0 Å². The molecule has 3 nitrogen and oxygen atoms in total. The van der Waals surface area contributed by atoms with Crippen molar-refractivity contribution in [3.8, 4) is 0 Å². The predicted octanol–water partition coefficient (Wildman–Crippen LogP) is 0.917. The second-order valence-corrected chi connectivity index (χ2v) is 3.76. The quantitative estimate of drug-likeness (QED) is 0.515. The van der Waals surface area contributed by atoms with E-state index in [1.165, 1.54) is 38.9 Å². The van der Waals surface area contributed by atoms with E-state index in [4.69, 9.17) is 0 Å². The summed E-state index contributed by atoms with van der Waals surface area (Å²) in [4.78, 5) is 2.53. The molecule has 0 aromatic rings. The van der Waals surface area contributed by atoms with Crippen LogP contribution >= 0.6 is 0 Å². The molecule has 0 fully saturated rings. The lowest BCUT2D eigenvalue weighted by atomic mass is 10.2. The minimum Gasteiger partial charge on any atom is -0.318 e.